The molecule has 0 unspecified atom stereocenters. The van der Waals surface area contributed by atoms with Crippen LogP contribution in [0.2, 0.25) is 0 Å². The minimum absolute atomic E-state index is 0.00603. The lowest BCUT2D eigenvalue weighted by molar-refractivity contribution is -0.193. The Bertz CT molecular complexity index is 1260. The Kier molecular flexibility index (Phi) is 10.8. The van der Waals surface area contributed by atoms with E-state index < -0.39 is 29.9 Å². The van der Waals surface area contributed by atoms with E-state index >= 15 is 0 Å². The van der Waals surface area contributed by atoms with Crippen molar-refractivity contribution in [1.82, 2.24) is 4.90 Å². The zero-order chi connectivity index (χ0) is 31.0. The average Bonchev–Trinajstić information content (AvgIpc) is 3.45. The van der Waals surface area contributed by atoms with Crippen molar-refractivity contribution in [3.63, 3.8) is 0 Å². The lowest BCUT2D eigenvalue weighted by Gasteiger charge is -2.18. The van der Waals surface area contributed by atoms with Gasteiger partial charge in [0.25, 0.3) is 0 Å². The summed E-state index contributed by atoms with van der Waals surface area (Å²) >= 11 is 0. The van der Waals surface area contributed by atoms with Crippen LogP contribution >= 0.6 is 0 Å². The highest BCUT2D eigenvalue weighted by molar-refractivity contribution is 6.41. The Labute approximate surface area is 228 Å². The second kappa shape index (κ2) is 13.6. The van der Waals surface area contributed by atoms with Crippen molar-refractivity contribution < 1.29 is 55.3 Å². The van der Waals surface area contributed by atoms with Crippen molar-refractivity contribution in [2.45, 2.75) is 25.2 Å². The van der Waals surface area contributed by atoms with Crippen LogP contribution in [0.15, 0.2) is 42.5 Å². The number of hydrogen-bond acceptors (Lipinski definition) is 8. The van der Waals surface area contributed by atoms with Gasteiger partial charge in [-0.15, -0.1) is 0 Å². The molecular formula is C25H24F6N4O6. The van der Waals surface area contributed by atoms with Gasteiger partial charge in [0.05, 0.1) is 5.56 Å². The number of nitrogen functional groups attached to an aromatic ring is 1. The van der Waals surface area contributed by atoms with E-state index in [0.717, 1.165) is 31.5 Å². The summed E-state index contributed by atoms with van der Waals surface area (Å²) in [5.41, 5.74) is 7.01. The predicted octanol–water partition coefficient (Wildman–Crippen LogP) is 3.58. The molecule has 0 aromatic heterocycles. The summed E-state index contributed by atoms with van der Waals surface area (Å²) in [6, 6.07) is 11.1. The number of alkyl halides is 6. The summed E-state index contributed by atoms with van der Waals surface area (Å²) in [5, 5.41) is 25.4. The number of amidine groups is 2. The summed E-state index contributed by atoms with van der Waals surface area (Å²) in [6.07, 6.45) is -9.34. The average molecular weight is 590 g/mol. The van der Waals surface area contributed by atoms with Crippen molar-refractivity contribution in [3.8, 4) is 11.5 Å². The summed E-state index contributed by atoms with van der Waals surface area (Å²) in [4.78, 5) is 33.4. The molecule has 1 saturated heterocycles. The number of halogens is 6. The van der Waals surface area contributed by atoms with E-state index in [0.29, 0.717) is 17.0 Å². The van der Waals surface area contributed by atoms with Crippen LogP contribution in [0.3, 0.4) is 0 Å². The molecule has 1 fully saturated rings. The molecule has 1 aliphatic rings. The molecule has 0 aliphatic carbocycles. The van der Waals surface area contributed by atoms with E-state index in [1.807, 2.05) is 4.90 Å². The predicted molar refractivity (Wildman–Crippen MR) is 131 cm³/mol. The van der Waals surface area contributed by atoms with Gasteiger partial charge < -0.3 is 25.2 Å². The molecule has 5 N–H and O–H groups in total. The molecule has 0 spiro atoms. The van der Waals surface area contributed by atoms with Gasteiger partial charge in [0.2, 0.25) is 0 Å². The molecule has 16 heteroatoms. The Balaban J connectivity index is 0.000000415. The maximum Gasteiger partial charge on any atom is 0.458 e. The number of rotatable bonds is 8. The molecule has 2 aromatic carbocycles. The van der Waals surface area contributed by atoms with Crippen molar-refractivity contribution >= 4 is 29.2 Å². The van der Waals surface area contributed by atoms with Gasteiger partial charge in [-0.25, -0.2) is 4.79 Å². The number of aromatic hydroxyl groups is 1. The molecule has 0 saturated carbocycles. The van der Waals surface area contributed by atoms with Gasteiger partial charge in [-0.05, 0) is 43.2 Å². The third-order valence-electron chi connectivity index (χ3n) is 5.38. The lowest BCUT2D eigenvalue weighted by atomic mass is 10.1. The minimum Gasteiger partial charge on any atom is -0.504 e. The van der Waals surface area contributed by atoms with Gasteiger partial charge in [0, 0.05) is 24.2 Å². The number of carbonyl (C=O) groups excluding carboxylic acids is 3. The molecule has 0 amide bonds. The number of ether oxygens (including phenoxy) is 2. The zero-order valence-electron chi connectivity index (χ0n) is 21.1. The molecule has 0 atom stereocenters. The molecule has 41 heavy (non-hydrogen) atoms. The molecule has 222 valence electrons. The number of Topliss-reactive ketones (excluding diaryl/α,β-unsaturated/α-hetero) is 2. The van der Waals surface area contributed by atoms with E-state index in [9.17, 15) is 45.8 Å². The second-order valence-electron chi connectivity index (χ2n) is 8.35. The van der Waals surface area contributed by atoms with Gasteiger partial charge in [0.1, 0.15) is 24.9 Å². The number of benzene rings is 2. The van der Waals surface area contributed by atoms with Crippen LogP contribution in [0.1, 0.15) is 34.3 Å². The Morgan fingerprint density at radius 1 is 0.829 bits per heavy atom. The fourth-order valence-electron chi connectivity index (χ4n) is 3.31. The van der Waals surface area contributed by atoms with Crippen LogP contribution in [-0.4, -0.2) is 77.9 Å². The highest BCUT2D eigenvalue weighted by atomic mass is 19.4. The summed E-state index contributed by atoms with van der Waals surface area (Å²) < 4.78 is 77.6. The zero-order valence-corrected chi connectivity index (χ0v) is 21.1. The monoisotopic (exact) mass is 590 g/mol. The van der Waals surface area contributed by atoms with Crippen LogP contribution in [0.4, 0.5) is 26.3 Å². The van der Waals surface area contributed by atoms with Crippen LogP contribution in [0.25, 0.3) is 0 Å². The molecule has 3 rings (SSSR count). The number of carbonyl (C=O) groups is 3. The SMILES string of the molecule is N=C(N)c1ccc(O)c(OCCOC(=O)c2ccc(C(=N)N3CCCC3)cc2)c1.O=C(C(=O)C(F)(F)F)C(F)(F)F. The number of likely N-dealkylation sites (tertiary alicyclic amines) is 1. The first kappa shape index (κ1) is 32.6. The molecule has 1 aliphatic heterocycles. The summed E-state index contributed by atoms with van der Waals surface area (Å²) in [6.45, 7) is 1.83. The lowest BCUT2D eigenvalue weighted by Crippen LogP contribution is -2.39. The highest BCUT2D eigenvalue weighted by Gasteiger charge is 2.54. The van der Waals surface area contributed by atoms with Gasteiger partial charge >= 0.3 is 29.9 Å². The number of hydrogen-bond donors (Lipinski definition) is 4. The van der Waals surface area contributed by atoms with E-state index in [4.69, 9.17) is 26.0 Å². The molecular weight excluding hydrogens is 566 g/mol. The maximum atomic E-state index is 12.2. The third-order valence-corrected chi connectivity index (χ3v) is 5.38. The number of nitrogens with two attached hydrogens (primary N) is 1. The topological polar surface area (TPSA) is 167 Å². The number of ketones is 2. The van der Waals surface area contributed by atoms with Gasteiger partial charge in [-0.2, -0.15) is 26.3 Å². The Hall–Kier alpha value is -4.63. The van der Waals surface area contributed by atoms with E-state index in [1.54, 1.807) is 24.3 Å². The smallest absolute Gasteiger partial charge is 0.458 e. The molecule has 10 nitrogen and oxygen atoms in total. The van der Waals surface area contributed by atoms with E-state index in [-0.39, 0.29) is 30.5 Å². The molecule has 0 bridgehead atoms. The van der Waals surface area contributed by atoms with E-state index in [1.165, 1.54) is 18.2 Å². The Morgan fingerprint density at radius 3 is 1.80 bits per heavy atom. The van der Waals surface area contributed by atoms with Crippen LogP contribution in [0, 0.1) is 10.8 Å². The quantitative estimate of drug-likeness (QED) is 0.0904. The standard InChI is InChI=1S/C21H24N4O4.C4F6O2/c22-19(23)16-7-8-17(26)18(13-16)28-11-12-29-21(27)15-5-3-14(4-6-15)20(24)25-9-1-2-10-25;5-3(6,7)1(11)2(12)4(8,9)10/h3-8,13,24,26H,1-2,9-12H2,(H3,22,23);. The number of phenolic OH excluding ortho intramolecular Hbond substituents is 1. The Morgan fingerprint density at radius 2 is 1.32 bits per heavy atom. The maximum absolute atomic E-state index is 12.2. The minimum atomic E-state index is -5.77. The fraction of sp³-hybridized carbons (Fsp3) is 0.320. The van der Waals surface area contributed by atoms with Gasteiger partial charge in [-0.3, -0.25) is 20.4 Å². The van der Waals surface area contributed by atoms with Crippen molar-refractivity contribution in [1.29, 1.82) is 10.8 Å². The van der Waals surface area contributed by atoms with E-state index in [2.05, 4.69) is 0 Å². The van der Waals surface area contributed by atoms with Crippen molar-refractivity contribution in [3.05, 3.63) is 59.2 Å². The first-order valence-electron chi connectivity index (χ1n) is 11.7. The highest BCUT2D eigenvalue weighted by Crippen LogP contribution is 2.27. The first-order valence-corrected chi connectivity index (χ1v) is 11.7. The fourth-order valence-corrected chi connectivity index (χ4v) is 3.31. The van der Waals surface area contributed by atoms with Crippen LogP contribution in [0.5, 0.6) is 11.5 Å². The van der Waals surface area contributed by atoms with Crippen LogP contribution in [-0.2, 0) is 14.3 Å². The number of nitrogens with one attached hydrogen (secondary N) is 2. The van der Waals surface area contributed by atoms with Crippen LogP contribution < -0.4 is 10.5 Å². The molecule has 2 aromatic rings. The van der Waals surface area contributed by atoms with Gasteiger partial charge in [-0.1, -0.05) is 12.1 Å². The largest absolute Gasteiger partial charge is 0.504 e. The number of esters is 1. The molecule has 1 heterocycles. The normalized spacial score (nSPS) is 13.1. The summed E-state index contributed by atoms with van der Waals surface area (Å²) in [5.74, 6) is -6.89. The van der Waals surface area contributed by atoms with Crippen molar-refractivity contribution in [2.75, 3.05) is 26.3 Å². The van der Waals surface area contributed by atoms with Gasteiger partial charge in [0.15, 0.2) is 11.5 Å². The number of phenols is 1. The molecule has 0 radical (unpaired) electrons. The third kappa shape index (κ3) is 9.51. The first-order chi connectivity index (χ1) is 19.0. The number of nitrogens with zero attached hydrogens (tertiary/aromatic N) is 1. The second-order valence-corrected chi connectivity index (χ2v) is 8.35. The summed E-state index contributed by atoms with van der Waals surface area (Å²) in [7, 11) is 0. The van der Waals surface area contributed by atoms with Crippen molar-refractivity contribution in [2.24, 2.45) is 5.73 Å².